The third kappa shape index (κ3) is 3.40. The van der Waals surface area contributed by atoms with Crippen molar-refractivity contribution < 1.29 is 13.3 Å². The van der Waals surface area contributed by atoms with Crippen LogP contribution in [0.1, 0.15) is 11.3 Å². The SMILES string of the molecule is O=c1[nH]c2c(cc1-c1noc(-c3ccc(SC(F)F)cc3)n1)CNCC2. The Labute approximate surface area is 151 Å². The number of rotatable bonds is 4. The fourth-order valence-corrected chi connectivity index (χ4v) is 3.32. The number of fused-ring (bicyclic) bond motifs is 1. The van der Waals surface area contributed by atoms with Crippen LogP contribution in [-0.2, 0) is 13.0 Å². The molecule has 3 aromatic rings. The molecule has 6 nitrogen and oxygen atoms in total. The van der Waals surface area contributed by atoms with E-state index < -0.39 is 5.76 Å². The number of aromatic nitrogens is 3. The lowest BCUT2D eigenvalue weighted by molar-refractivity contribution is 0.252. The van der Waals surface area contributed by atoms with E-state index in [0.717, 1.165) is 24.2 Å². The summed E-state index contributed by atoms with van der Waals surface area (Å²) in [6.45, 7) is 1.50. The van der Waals surface area contributed by atoms with E-state index >= 15 is 0 Å². The fourth-order valence-electron chi connectivity index (χ4n) is 2.82. The van der Waals surface area contributed by atoms with Crippen LogP contribution < -0.4 is 10.9 Å². The molecule has 0 amide bonds. The topological polar surface area (TPSA) is 83.8 Å². The molecule has 0 aliphatic carbocycles. The molecule has 1 aliphatic heterocycles. The Morgan fingerprint density at radius 2 is 2.04 bits per heavy atom. The second-order valence-corrected chi connectivity index (χ2v) is 6.83. The van der Waals surface area contributed by atoms with E-state index in [1.807, 2.05) is 0 Å². The molecular weight excluding hydrogens is 362 g/mol. The largest absolute Gasteiger partial charge is 0.334 e. The molecule has 26 heavy (non-hydrogen) atoms. The molecule has 0 saturated carbocycles. The minimum Gasteiger partial charge on any atom is -0.334 e. The van der Waals surface area contributed by atoms with E-state index in [-0.39, 0.29) is 17.3 Å². The molecule has 2 N–H and O–H groups in total. The zero-order chi connectivity index (χ0) is 18.1. The molecular formula is C17H14F2N4O2S. The van der Waals surface area contributed by atoms with Crippen LogP contribution in [-0.4, -0.2) is 27.4 Å². The monoisotopic (exact) mass is 376 g/mol. The Kier molecular flexibility index (Phi) is 4.56. The van der Waals surface area contributed by atoms with E-state index in [1.165, 1.54) is 0 Å². The summed E-state index contributed by atoms with van der Waals surface area (Å²) >= 11 is 0.468. The number of nitrogens with one attached hydrogen (secondary N) is 2. The molecule has 2 aromatic heterocycles. The van der Waals surface area contributed by atoms with E-state index in [0.29, 0.717) is 34.3 Å². The van der Waals surface area contributed by atoms with Gasteiger partial charge in [-0.25, -0.2) is 0 Å². The van der Waals surface area contributed by atoms with Gasteiger partial charge in [0.2, 0.25) is 5.82 Å². The minimum absolute atomic E-state index is 0.195. The predicted molar refractivity (Wildman–Crippen MR) is 93.1 cm³/mol. The maximum atomic E-state index is 12.4. The second kappa shape index (κ2) is 7.00. The van der Waals surface area contributed by atoms with Gasteiger partial charge in [0.15, 0.2) is 0 Å². The van der Waals surface area contributed by atoms with Crippen molar-refractivity contribution in [1.29, 1.82) is 0 Å². The third-order valence-corrected chi connectivity index (χ3v) is 4.80. The van der Waals surface area contributed by atoms with Gasteiger partial charge in [-0.15, -0.1) is 0 Å². The number of aromatic amines is 1. The van der Waals surface area contributed by atoms with Crippen molar-refractivity contribution in [3.63, 3.8) is 0 Å². The highest BCUT2D eigenvalue weighted by atomic mass is 32.2. The molecule has 4 rings (SSSR count). The van der Waals surface area contributed by atoms with Crippen molar-refractivity contribution in [2.45, 2.75) is 23.6 Å². The van der Waals surface area contributed by atoms with Gasteiger partial charge in [0, 0.05) is 35.7 Å². The van der Waals surface area contributed by atoms with Crippen molar-refractivity contribution in [2.24, 2.45) is 0 Å². The van der Waals surface area contributed by atoms with Gasteiger partial charge >= 0.3 is 0 Å². The number of nitrogens with zero attached hydrogens (tertiary/aromatic N) is 2. The van der Waals surface area contributed by atoms with Crippen LogP contribution in [0.4, 0.5) is 8.78 Å². The van der Waals surface area contributed by atoms with Gasteiger partial charge in [-0.3, -0.25) is 4.79 Å². The number of halogens is 2. The van der Waals surface area contributed by atoms with Gasteiger partial charge in [0.1, 0.15) is 0 Å². The maximum Gasteiger partial charge on any atom is 0.288 e. The molecule has 0 radical (unpaired) electrons. The Morgan fingerprint density at radius 1 is 1.23 bits per heavy atom. The summed E-state index contributed by atoms with van der Waals surface area (Å²) < 4.78 is 30.0. The zero-order valence-electron chi connectivity index (χ0n) is 13.5. The Balaban J connectivity index is 1.63. The molecule has 0 saturated heterocycles. The first kappa shape index (κ1) is 16.9. The van der Waals surface area contributed by atoms with Gasteiger partial charge in [0.25, 0.3) is 17.2 Å². The summed E-state index contributed by atoms with van der Waals surface area (Å²) in [7, 11) is 0. The molecule has 3 heterocycles. The number of benzene rings is 1. The Hall–Kier alpha value is -2.52. The lowest BCUT2D eigenvalue weighted by Crippen LogP contribution is -2.27. The first-order chi connectivity index (χ1) is 12.6. The number of H-pyrrole nitrogens is 1. The number of hydrogen-bond acceptors (Lipinski definition) is 6. The average Bonchev–Trinajstić information content (AvgIpc) is 3.11. The van der Waals surface area contributed by atoms with E-state index in [2.05, 4.69) is 20.4 Å². The number of hydrogen-bond donors (Lipinski definition) is 2. The number of thioether (sulfide) groups is 1. The minimum atomic E-state index is -2.47. The molecule has 134 valence electrons. The van der Waals surface area contributed by atoms with E-state index in [1.54, 1.807) is 30.3 Å². The number of pyridine rings is 1. The van der Waals surface area contributed by atoms with Gasteiger partial charge in [-0.1, -0.05) is 16.9 Å². The fraction of sp³-hybridized carbons (Fsp3) is 0.235. The van der Waals surface area contributed by atoms with Crippen molar-refractivity contribution in [3.05, 3.63) is 51.9 Å². The molecule has 0 atom stereocenters. The zero-order valence-corrected chi connectivity index (χ0v) is 14.3. The molecule has 9 heteroatoms. The van der Waals surface area contributed by atoms with Crippen LogP contribution in [0, 0.1) is 0 Å². The van der Waals surface area contributed by atoms with Gasteiger partial charge < -0.3 is 14.8 Å². The van der Waals surface area contributed by atoms with E-state index in [9.17, 15) is 13.6 Å². The first-order valence-corrected chi connectivity index (χ1v) is 8.83. The highest BCUT2D eigenvalue weighted by Gasteiger charge is 2.18. The summed E-state index contributed by atoms with van der Waals surface area (Å²) in [5.41, 5.74) is 2.60. The van der Waals surface area contributed by atoms with Gasteiger partial charge in [-0.05, 0) is 35.9 Å². The van der Waals surface area contributed by atoms with Crippen molar-refractivity contribution in [3.8, 4) is 22.8 Å². The van der Waals surface area contributed by atoms with Crippen LogP contribution in [0.3, 0.4) is 0 Å². The molecule has 0 bridgehead atoms. The summed E-state index contributed by atoms with van der Waals surface area (Å²) in [5.74, 6) is -2.05. The lowest BCUT2D eigenvalue weighted by Gasteiger charge is -2.16. The molecule has 1 aliphatic rings. The summed E-state index contributed by atoms with van der Waals surface area (Å²) in [6.07, 6.45) is 0.769. The van der Waals surface area contributed by atoms with Crippen LogP contribution in [0.2, 0.25) is 0 Å². The summed E-state index contributed by atoms with van der Waals surface area (Å²) in [5, 5.41) is 7.14. The normalized spacial score (nSPS) is 13.8. The third-order valence-electron chi connectivity index (χ3n) is 4.08. The maximum absolute atomic E-state index is 12.4. The Bertz CT molecular complexity index is 985. The average molecular weight is 376 g/mol. The summed E-state index contributed by atoms with van der Waals surface area (Å²) in [4.78, 5) is 19.9. The van der Waals surface area contributed by atoms with Crippen molar-refractivity contribution >= 4 is 11.8 Å². The highest BCUT2D eigenvalue weighted by molar-refractivity contribution is 7.99. The van der Waals surface area contributed by atoms with Gasteiger partial charge in [-0.2, -0.15) is 13.8 Å². The first-order valence-electron chi connectivity index (χ1n) is 7.95. The molecule has 0 fully saturated rings. The Morgan fingerprint density at radius 3 is 2.81 bits per heavy atom. The number of alkyl halides is 2. The summed E-state index contributed by atoms with van der Waals surface area (Å²) in [6, 6.07) is 8.16. The van der Waals surface area contributed by atoms with Crippen LogP contribution >= 0.6 is 11.8 Å². The molecule has 1 aromatic carbocycles. The smallest absolute Gasteiger partial charge is 0.288 e. The second-order valence-electron chi connectivity index (χ2n) is 5.77. The standard InChI is InChI=1S/C17H14F2N4O2S/c18-17(19)26-11-3-1-9(2-4-11)16-22-14(23-25-16)12-7-10-8-20-6-5-13(10)21-15(12)24/h1-4,7,17,20H,5-6,8H2,(H,21,24). The van der Waals surface area contributed by atoms with E-state index in [4.69, 9.17) is 4.52 Å². The highest BCUT2D eigenvalue weighted by Crippen LogP contribution is 2.28. The van der Waals surface area contributed by atoms with Gasteiger partial charge in [0.05, 0.1) is 5.56 Å². The predicted octanol–water partition coefficient (Wildman–Crippen LogP) is 3.05. The lowest BCUT2D eigenvalue weighted by atomic mass is 10.0. The van der Waals surface area contributed by atoms with Crippen LogP contribution in [0.15, 0.2) is 44.5 Å². The van der Waals surface area contributed by atoms with Crippen LogP contribution in [0.5, 0.6) is 0 Å². The quantitative estimate of drug-likeness (QED) is 0.681. The molecule has 0 unspecified atom stereocenters. The van der Waals surface area contributed by atoms with Crippen LogP contribution in [0.25, 0.3) is 22.8 Å². The molecule has 0 spiro atoms. The van der Waals surface area contributed by atoms with Crippen molar-refractivity contribution in [2.75, 3.05) is 6.54 Å². The van der Waals surface area contributed by atoms with Crippen molar-refractivity contribution in [1.82, 2.24) is 20.4 Å².